The van der Waals surface area contributed by atoms with Gasteiger partial charge in [0, 0.05) is 12.5 Å². The average Bonchev–Trinajstić information content (AvgIpc) is 3.48. The van der Waals surface area contributed by atoms with Crippen molar-refractivity contribution in [2.24, 2.45) is 10.8 Å². The zero-order valence-electron chi connectivity index (χ0n) is 15.8. The number of primary amides is 1. The molecule has 11 nitrogen and oxygen atoms in total. The van der Waals surface area contributed by atoms with Gasteiger partial charge in [-0.25, -0.2) is 5.01 Å². The first-order valence-corrected chi connectivity index (χ1v) is 9.88. The van der Waals surface area contributed by atoms with Gasteiger partial charge in [-0.15, -0.1) is 11.3 Å². The van der Waals surface area contributed by atoms with Gasteiger partial charge in [-0.3, -0.25) is 29.1 Å². The fourth-order valence-corrected chi connectivity index (χ4v) is 3.99. The molecule has 4 rings (SSSR count). The number of hydrogen-bond acceptors (Lipinski definition) is 8. The lowest BCUT2D eigenvalue weighted by Crippen LogP contribution is -2.36. The van der Waals surface area contributed by atoms with Gasteiger partial charge in [0.15, 0.2) is 0 Å². The summed E-state index contributed by atoms with van der Waals surface area (Å²) in [6, 6.07) is 7.39. The smallest absolute Gasteiger partial charge is 0.286 e. The maximum Gasteiger partial charge on any atom is 0.286 e. The number of nitrogens with two attached hydrogens (primary N) is 1. The lowest BCUT2D eigenvalue weighted by molar-refractivity contribution is -0.385. The fraction of sp³-hybridized carbons (Fsp3) is 0.158. The summed E-state index contributed by atoms with van der Waals surface area (Å²) in [4.78, 5) is 48.4. The number of carbonyl (C=O) groups is 2. The third-order valence-corrected chi connectivity index (χ3v) is 5.62. The maximum atomic E-state index is 13.1. The molecule has 1 aliphatic rings. The summed E-state index contributed by atoms with van der Waals surface area (Å²) >= 11 is 1.47. The van der Waals surface area contributed by atoms with Crippen LogP contribution in [0.5, 0.6) is 0 Å². The van der Waals surface area contributed by atoms with E-state index in [-0.39, 0.29) is 0 Å². The van der Waals surface area contributed by atoms with Gasteiger partial charge in [0.2, 0.25) is 0 Å². The number of nitro groups is 1. The molecule has 0 aliphatic carbocycles. The van der Waals surface area contributed by atoms with Gasteiger partial charge in [0.05, 0.1) is 28.0 Å². The lowest BCUT2D eigenvalue weighted by Gasteiger charge is -2.20. The van der Waals surface area contributed by atoms with Crippen LogP contribution in [0.25, 0.3) is 0 Å². The number of hydrogen-bond donors (Lipinski definition) is 1. The van der Waals surface area contributed by atoms with Crippen LogP contribution in [0.15, 0.2) is 62.5 Å². The van der Waals surface area contributed by atoms with Gasteiger partial charge in [0.1, 0.15) is 23.9 Å². The van der Waals surface area contributed by atoms with E-state index < -0.39 is 46.1 Å². The van der Waals surface area contributed by atoms with E-state index >= 15 is 0 Å². The Kier molecular flexibility index (Phi) is 5.21. The van der Waals surface area contributed by atoms with Gasteiger partial charge >= 0.3 is 0 Å². The minimum Gasteiger partial charge on any atom is -0.467 e. The minimum atomic E-state index is -1.12. The molecule has 0 spiro atoms. The van der Waals surface area contributed by atoms with Gasteiger partial charge in [-0.2, -0.15) is 5.10 Å². The number of nitrogens with zero attached hydrogens (tertiary/aromatic N) is 4. The Bertz CT molecular complexity index is 1250. The van der Waals surface area contributed by atoms with Crippen LogP contribution >= 0.6 is 11.3 Å². The largest absolute Gasteiger partial charge is 0.467 e. The Morgan fingerprint density at radius 1 is 1.35 bits per heavy atom. The molecule has 0 aromatic carbocycles. The molecule has 1 atom stereocenters. The predicted molar refractivity (Wildman–Crippen MR) is 110 cm³/mol. The molecule has 1 unspecified atom stereocenters. The highest BCUT2D eigenvalue weighted by Gasteiger charge is 2.35. The Hall–Kier alpha value is -4.06. The van der Waals surface area contributed by atoms with Crippen LogP contribution in [0.4, 0.5) is 5.69 Å². The summed E-state index contributed by atoms with van der Waals surface area (Å²) in [5.74, 6) is -1.22. The summed E-state index contributed by atoms with van der Waals surface area (Å²) in [6.07, 6.45) is 2.77. The van der Waals surface area contributed by atoms with Crippen molar-refractivity contribution in [1.82, 2.24) is 9.58 Å². The van der Waals surface area contributed by atoms with Gasteiger partial charge < -0.3 is 10.2 Å². The van der Waals surface area contributed by atoms with Crippen LogP contribution in [0.2, 0.25) is 0 Å². The van der Waals surface area contributed by atoms with E-state index in [1.54, 1.807) is 12.1 Å². The summed E-state index contributed by atoms with van der Waals surface area (Å²) < 4.78 is 6.25. The second-order valence-corrected chi connectivity index (χ2v) is 7.61. The van der Waals surface area contributed by atoms with E-state index in [0.717, 1.165) is 21.7 Å². The van der Waals surface area contributed by atoms with Crippen LogP contribution in [-0.2, 0) is 11.3 Å². The van der Waals surface area contributed by atoms with E-state index in [9.17, 15) is 24.5 Å². The minimum absolute atomic E-state index is 0.399. The SMILES string of the molecule is NC(=O)c1cc([N+](=O)[O-])cn(CC(=O)N2N=C(c3cccs3)CC2c2ccco2)c1=O. The predicted octanol–water partition coefficient (Wildman–Crippen LogP) is 1.89. The van der Waals surface area contributed by atoms with Gasteiger partial charge in [0.25, 0.3) is 23.1 Å². The molecular formula is C19H15N5O6S. The number of amides is 2. The Labute approximate surface area is 178 Å². The molecule has 2 amide bonds. The zero-order valence-corrected chi connectivity index (χ0v) is 16.7. The topological polar surface area (TPSA) is 154 Å². The number of thiophene rings is 1. The van der Waals surface area contributed by atoms with Crippen molar-refractivity contribution >= 4 is 34.6 Å². The molecule has 2 N–H and O–H groups in total. The third-order valence-electron chi connectivity index (χ3n) is 4.70. The molecule has 3 aromatic heterocycles. The van der Waals surface area contributed by atoms with Crippen LogP contribution < -0.4 is 11.3 Å². The summed E-state index contributed by atoms with van der Waals surface area (Å²) in [5.41, 5.74) is 3.83. The third kappa shape index (κ3) is 3.88. The number of carbonyl (C=O) groups excluding carboxylic acids is 2. The molecule has 0 bridgehead atoms. The van der Waals surface area contributed by atoms with Gasteiger partial charge in [-0.1, -0.05) is 6.07 Å². The molecule has 12 heteroatoms. The first-order chi connectivity index (χ1) is 14.8. The van der Waals surface area contributed by atoms with Crippen molar-refractivity contribution < 1.29 is 18.9 Å². The first kappa shape index (κ1) is 20.2. The Morgan fingerprint density at radius 2 is 2.16 bits per heavy atom. The summed E-state index contributed by atoms with van der Waals surface area (Å²) in [6.45, 7) is -0.570. The molecule has 31 heavy (non-hydrogen) atoms. The van der Waals surface area contributed by atoms with Crippen molar-refractivity contribution in [3.63, 3.8) is 0 Å². The van der Waals surface area contributed by atoms with Crippen LogP contribution in [0, 0.1) is 10.1 Å². The van der Waals surface area contributed by atoms with Crippen LogP contribution in [0.1, 0.15) is 33.5 Å². The fourth-order valence-electron chi connectivity index (χ4n) is 3.27. The normalized spacial score (nSPS) is 15.7. The highest BCUT2D eigenvalue weighted by atomic mass is 32.1. The number of hydrazone groups is 1. The number of rotatable bonds is 6. The van der Waals surface area contributed by atoms with Crippen molar-refractivity contribution in [1.29, 1.82) is 0 Å². The van der Waals surface area contributed by atoms with Crippen LogP contribution in [0.3, 0.4) is 0 Å². The quantitative estimate of drug-likeness (QED) is 0.455. The van der Waals surface area contributed by atoms with E-state index in [1.165, 1.54) is 22.6 Å². The van der Waals surface area contributed by atoms with E-state index in [2.05, 4.69) is 5.10 Å². The lowest BCUT2D eigenvalue weighted by atomic mass is 10.1. The standard InChI is InChI=1S/C19H15N5O6S/c20-18(26)12-7-11(24(28)29)9-22(19(12)27)10-17(25)23-14(15-3-1-5-30-15)8-13(21-23)16-4-2-6-31-16/h1-7,9,14H,8,10H2,(H2,20,26). The molecule has 1 aliphatic heterocycles. The summed E-state index contributed by atoms with van der Waals surface area (Å²) in [7, 11) is 0. The van der Waals surface area contributed by atoms with E-state index in [4.69, 9.17) is 10.2 Å². The van der Waals surface area contributed by atoms with Crippen molar-refractivity contribution in [3.8, 4) is 0 Å². The first-order valence-electron chi connectivity index (χ1n) is 9.00. The van der Waals surface area contributed by atoms with Gasteiger partial charge in [-0.05, 0) is 23.6 Å². The number of pyridine rings is 1. The highest BCUT2D eigenvalue weighted by Crippen LogP contribution is 2.34. The molecular weight excluding hydrogens is 426 g/mol. The highest BCUT2D eigenvalue weighted by molar-refractivity contribution is 7.12. The number of aromatic nitrogens is 1. The monoisotopic (exact) mass is 441 g/mol. The second kappa shape index (κ2) is 7.99. The molecule has 0 saturated carbocycles. The average molecular weight is 441 g/mol. The molecule has 158 valence electrons. The van der Waals surface area contributed by atoms with E-state index in [1.807, 2.05) is 17.5 Å². The maximum absolute atomic E-state index is 13.1. The van der Waals surface area contributed by atoms with Crippen molar-refractivity contribution in [3.05, 3.63) is 84.8 Å². The van der Waals surface area contributed by atoms with Crippen LogP contribution in [-0.4, -0.2) is 32.0 Å². The Balaban J connectivity index is 1.70. The molecule has 0 radical (unpaired) electrons. The summed E-state index contributed by atoms with van der Waals surface area (Å²) in [5, 5.41) is 18.7. The molecule has 4 heterocycles. The van der Waals surface area contributed by atoms with Crippen molar-refractivity contribution in [2.75, 3.05) is 0 Å². The zero-order chi connectivity index (χ0) is 22.1. The Morgan fingerprint density at radius 3 is 2.77 bits per heavy atom. The second-order valence-electron chi connectivity index (χ2n) is 6.66. The van der Waals surface area contributed by atoms with E-state index in [0.29, 0.717) is 17.9 Å². The van der Waals surface area contributed by atoms with Crippen molar-refractivity contribution in [2.45, 2.75) is 19.0 Å². The molecule has 0 saturated heterocycles. The molecule has 3 aromatic rings. The molecule has 0 fully saturated rings. The number of furan rings is 1.